The first-order valence-corrected chi connectivity index (χ1v) is 12.6. The number of amides is 1. The molecule has 0 bridgehead atoms. The van der Waals surface area contributed by atoms with Crippen LogP contribution < -0.4 is 10.3 Å². The number of aromatic nitrogens is 1. The summed E-state index contributed by atoms with van der Waals surface area (Å²) in [5.41, 5.74) is 0.692. The minimum Gasteiger partial charge on any atom is -0.450 e. The van der Waals surface area contributed by atoms with Gasteiger partial charge in [0.05, 0.1) is 21.9 Å². The van der Waals surface area contributed by atoms with Crippen molar-refractivity contribution < 1.29 is 22.2 Å². The van der Waals surface area contributed by atoms with Crippen molar-refractivity contribution in [3.63, 3.8) is 0 Å². The molecule has 3 heterocycles. The lowest BCUT2D eigenvalue weighted by Crippen LogP contribution is -2.31. The maximum atomic E-state index is 13.5. The molecule has 35 heavy (non-hydrogen) atoms. The minimum atomic E-state index is -3.67. The second kappa shape index (κ2) is 8.47. The third-order valence-electron chi connectivity index (χ3n) is 6.18. The average Bonchev–Trinajstić information content (AvgIpc) is 3.40. The first kappa shape index (κ1) is 23.0. The molecule has 2 aromatic heterocycles. The number of hydrogen-bond donors (Lipinski definition) is 0. The number of benzene rings is 2. The number of anilines is 1. The summed E-state index contributed by atoms with van der Waals surface area (Å²) in [6, 6.07) is 13.6. The first-order chi connectivity index (χ1) is 16.8. The molecule has 5 rings (SSSR count). The number of sulfonamides is 1. The minimum absolute atomic E-state index is 0.0702. The lowest BCUT2D eigenvalue weighted by molar-refractivity contribution is 0.0969. The van der Waals surface area contributed by atoms with Gasteiger partial charge in [-0.05, 0) is 36.8 Å². The van der Waals surface area contributed by atoms with Gasteiger partial charge in [0.2, 0.25) is 15.8 Å². The maximum Gasteiger partial charge on any atom is 0.296 e. The average molecular weight is 494 g/mol. The number of para-hydroxylation sites is 1. The van der Waals surface area contributed by atoms with Crippen LogP contribution in [-0.2, 0) is 10.0 Å². The third kappa shape index (κ3) is 3.57. The van der Waals surface area contributed by atoms with Crippen LogP contribution in [0.1, 0.15) is 47.3 Å². The van der Waals surface area contributed by atoms with Crippen LogP contribution >= 0.6 is 0 Å². The molecular weight excluding hydrogens is 470 g/mol. The molecule has 0 saturated heterocycles. The number of aryl methyl sites for hydroxylation is 1. The molecule has 1 aliphatic rings. The van der Waals surface area contributed by atoms with Gasteiger partial charge in [0.1, 0.15) is 11.3 Å². The summed E-state index contributed by atoms with van der Waals surface area (Å²) >= 11 is 0. The van der Waals surface area contributed by atoms with Crippen molar-refractivity contribution in [2.45, 2.75) is 31.7 Å². The van der Waals surface area contributed by atoms with E-state index in [-0.39, 0.29) is 27.5 Å². The van der Waals surface area contributed by atoms with E-state index in [1.807, 2.05) is 0 Å². The number of fused-ring (bicyclic) bond motifs is 2. The molecule has 0 aliphatic carbocycles. The quantitative estimate of drug-likeness (QED) is 0.401. The second-order valence-electron chi connectivity index (χ2n) is 8.20. The van der Waals surface area contributed by atoms with Crippen molar-refractivity contribution in [3.8, 4) is 0 Å². The fourth-order valence-corrected chi connectivity index (χ4v) is 5.93. The maximum absolute atomic E-state index is 13.5. The Balaban J connectivity index is 1.70. The highest BCUT2D eigenvalue weighted by atomic mass is 32.2. The molecule has 0 radical (unpaired) electrons. The van der Waals surface area contributed by atoms with Gasteiger partial charge in [0, 0.05) is 19.2 Å². The van der Waals surface area contributed by atoms with Crippen molar-refractivity contribution in [3.05, 3.63) is 87.5 Å². The fourth-order valence-electron chi connectivity index (χ4n) is 4.47. The van der Waals surface area contributed by atoms with Crippen molar-refractivity contribution in [2.75, 3.05) is 18.0 Å². The summed E-state index contributed by atoms with van der Waals surface area (Å²) in [5.74, 6) is 0.125. The van der Waals surface area contributed by atoms with E-state index >= 15 is 0 Å². The highest BCUT2D eigenvalue weighted by Gasteiger charge is 2.45. The summed E-state index contributed by atoms with van der Waals surface area (Å²) in [5, 5.41) is 4.34. The SMILES string of the molecule is CCN(CC)S(=O)(=O)c1ccc(C2c3c(oc4ccccc4c3=O)C(=O)N2c2cc(C)on2)cc1. The van der Waals surface area contributed by atoms with Gasteiger partial charge in [-0.3, -0.25) is 14.5 Å². The molecular formula is C25H23N3O6S. The number of rotatable bonds is 6. The number of carbonyl (C=O) groups excluding carboxylic acids is 1. The van der Waals surface area contributed by atoms with Gasteiger partial charge in [-0.25, -0.2) is 8.42 Å². The molecule has 4 aromatic rings. The lowest BCUT2D eigenvalue weighted by Gasteiger charge is -2.23. The molecule has 180 valence electrons. The normalized spacial score (nSPS) is 15.8. The smallest absolute Gasteiger partial charge is 0.296 e. The molecule has 1 amide bonds. The summed E-state index contributed by atoms with van der Waals surface area (Å²) in [6.45, 7) is 5.94. The molecule has 9 nitrogen and oxygen atoms in total. The third-order valence-corrected chi connectivity index (χ3v) is 8.24. The molecule has 1 atom stereocenters. The Hall–Kier alpha value is -3.76. The predicted molar refractivity (Wildman–Crippen MR) is 129 cm³/mol. The Labute approximate surface area is 201 Å². The molecule has 2 aromatic carbocycles. The van der Waals surface area contributed by atoms with Crippen molar-refractivity contribution in [1.82, 2.24) is 9.46 Å². The standard InChI is InChI=1S/C25H23N3O6S/c1-4-27(5-2)35(31,32)17-12-10-16(11-13-17)22-21-23(29)18-8-6-7-9-19(18)33-24(21)25(30)28(22)20-14-15(3)34-26-20/h6-14,22H,4-5H2,1-3H3. The molecule has 0 N–H and O–H groups in total. The molecule has 0 spiro atoms. The Bertz CT molecular complexity index is 1600. The van der Waals surface area contributed by atoms with Crippen molar-refractivity contribution in [1.29, 1.82) is 0 Å². The Kier molecular flexibility index (Phi) is 5.57. The van der Waals surface area contributed by atoms with E-state index in [9.17, 15) is 18.0 Å². The monoisotopic (exact) mass is 493 g/mol. The lowest BCUT2D eigenvalue weighted by atomic mass is 9.98. The molecule has 10 heteroatoms. The van der Waals surface area contributed by atoms with Crippen molar-refractivity contribution >= 4 is 32.7 Å². The highest BCUT2D eigenvalue weighted by molar-refractivity contribution is 7.89. The number of carbonyl (C=O) groups is 1. The highest BCUT2D eigenvalue weighted by Crippen LogP contribution is 2.41. The second-order valence-corrected chi connectivity index (χ2v) is 10.1. The van der Waals surface area contributed by atoms with Gasteiger partial charge in [-0.15, -0.1) is 0 Å². The largest absolute Gasteiger partial charge is 0.450 e. The zero-order valence-corrected chi connectivity index (χ0v) is 20.2. The van der Waals surface area contributed by atoms with Crippen LogP contribution in [0.2, 0.25) is 0 Å². The van der Waals surface area contributed by atoms with E-state index < -0.39 is 22.0 Å². The summed E-state index contributed by atoms with van der Waals surface area (Å²) < 4.78 is 38.3. The van der Waals surface area contributed by atoms with Crippen LogP contribution in [0, 0.1) is 6.92 Å². The predicted octanol–water partition coefficient (Wildman–Crippen LogP) is 3.87. The van der Waals surface area contributed by atoms with E-state index in [4.69, 9.17) is 8.94 Å². The zero-order valence-electron chi connectivity index (χ0n) is 19.4. The van der Waals surface area contributed by atoms with Crippen LogP contribution in [-0.4, -0.2) is 36.9 Å². The van der Waals surface area contributed by atoms with E-state index in [0.717, 1.165) is 0 Å². The van der Waals surface area contributed by atoms with E-state index in [1.165, 1.54) is 21.3 Å². The zero-order chi connectivity index (χ0) is 24.9. The van der Waals surface area contributed by atoms with E-state index in [2.05, 4.69) is 5.16 Å². The van der Waals surface area contributed by atoms with Gasteiger partial charge in [0.25, 0.3) is 5.91 Å². The van der Waals surface area contributed by atoms with Crippen LogP contribution in [0.5, 0.6) is 0 Å². The Morgan fingerprint density at radius 2 is 1.71 bits per heavy atom. The summed E-state index contributed by atoms with van der Waals surface area (Å²) in [6.07, 6.45) is 0. The number of nitrogens with zero attached hydrogens (tertiary/aromatic N) is 3. The fraction of sp³-hybridized carbons (Fsp3) is 0.240. The van der Waals surface area contributed by atoms with Gasteiger partial charge >= 0.3 is 0 Å². The van der Waals surface area contributed by atoms with Gasteiger partial charge in [-0.2, -0.15) is 4.31 Å². The number of hydrogen-bond acceptors (Lipinski definition) is 7. The van der Waals surface area contributed by atoms with Crippen LogP contribution in [0.4, 0.5) is 5.82 Å². The molecule has 0 saturated carbocycles. The molecule has 0 fully saturated rings. The Morgan fingerprint density at radius 3 is 2.34 bits per heavy atom. The van der Waals surface area contributed by atoms with Crippen molar-refractivity contribution in [2.24, 2.45) is 0 Å². The Morgan fingerprint density at radius 1 is 1.03 bits per heavy atom. The topological polar surface area (TPSA) is 114 Å². The molecule has 1 aliphatic heterocycles. The van der Waals surface area contributed by atoms with Gasteiger partial charge in [0.15, 0.2) is 11.2 Å². The van der Waals surface area contributed by atoms with Crippen LogP contribution in [0.15, 0.2) is 73.2 Å². The van der Waals surface area contributed by atoms with E-state index in [1.54, 1.807) is 63.2 Å². The van der Waals surface area contributed by atoms with E-state index in [0.29, 0.717) is 35.4 Å². The summed E-state index contributed by atoms with van der Waals surface area (Å²) in [4.78, 5) is 28.5. The molecule has 1 unspecified atom stereocenters. The van der Waals surface area contributed by atoms with Gasteiger partial charge < -0.3 is 8.94 Å². The van der Waals surface area contributed by atoms with Crippen LogP contribution in [0.25, 0.3) is 11.0 Å². The van der Waals surface area contributed by atoms with Crippen LogP contribution in [0.3, 0.4) is 0 Å². The first-order valence-electron chi connectivity index (χ1n) is 11.2. The summed E-state index contributed by atoms with van der Waals surface area (Å²) in [7, 11) is -3.67. The van der Waals surface area contributed by atoms with Gasteiger partial charge in [-0.1, -0.05) is 43.3 Å².